The van der Waals surface area contributed by atoms with E-state index in [1.165, 1.54) is 0 Å². The molecule has 0 unspecified atom stereocenters. The highest BCUT2D eigenvalue weighted by Gasteiger charge is 2.25. The minimum absolute atomic E-state index is 0.372. The van der Waals surface area contributed by atoms with Crippen LogP contribution in [0.3, 0.4) is 0 Å². The molecule has 3 heterocycles. The fraction of sp³-hybridized carbons (Fsp3) is 0.269. The molecule has 0 atom stereocenters. The summed E-state index contributed by atoms with van der Waals surface area (Å²) in [7, 11) is 0. The van der Waals surface area contributed by atoms with Crippen LogP contribution in [-0.4, -0.2) is 66.1 Å². The van der Waals surface area contributed by atoms with Crippen LogP contribution in [0.15, 0.2) is 71.9 Å². The molecule has 0 radical (unpaired) electrons. The number of carbonyl (C=O) groups excluding carboxylic acids is 1. The second kappa shape index (κ2) is 10.1. The summed E-state index contributed by atoms with van der Waals surface area (Å²) in [6, 6.07) is 19.1. The van der Waals surface area contributed by atoms with Crippen molar-refractivity contribution >= 4 is 28.8 Å². The Morgan fingerprint density at radius 3 is 2.59 bits per heavy atom. The maximum Gasteiger partial charge on any atom is 0.274 e. The molecule has 3 aromatic rings. The molecule has 0 bridgehead atoms. The number of benzene rings is 2. The Hall–Kier alpha value is -3.59. The van der Waals surface area contributed by atoms with Crippen molar-refractivity contribution in [3.05, 3.63) is 83.6 Å². The molecule has 0 saturated carbocycles. The average molecular weight is 458 g/mol. The number of hydrogen-bond acceptors (Lipinski definition) is 7. The van der Waals surface area contributed by atoms with Crippen LogP contribution < -0.4 is 10.4 Å². The molecule has 2 aromatic carbocycles. The minimum Gasteiger partial charge on any atom is -0.379 e. The number of aliphatic imine (C=N–C) groups is 1. The van der Waals surface area contributed by atoms with E-state index in [2.05, 4.69) is 15.9 Å². The van der Waals surface area contributed by atoms with E-state index >= 15 is 0 Å². The lowest BCUT2D eigenvalue weighted by Crippen LogP contribution is -2.38. The molecular formula is C26H27N5O3. The van der Waals surface area contributed by atoms with E-state index in [0.717, 1.165) is 79.8 Å². The van der Waals surface area contributed by atoms with Gasteiger partial charge in [0.1, 0.15) is 5.82 Å². The topological polar surface area (TPSA) is 90.3 Å². The van der Waals surface area contributed by atoms with E-state index < -0.39 is 5.91 Å². The molecule has 2 aliphatic rings. The number of aromatic nitrogens is 1. The summed E-state index contributed by atoms with van der Waals surface area (Å²) >= 11 is 0. The Morgan fingerprint density at radius 1 is 1.00 bits per heavy atom. The van der Waals surface area contributed by atoms with Gasteiger partial charge in [-0.05, 0) is 42.8 Å². The summed E-state index contributed by atoms with van der Waals surface area (Å²) in [5.74, 6) is 0.318. The van der Waals surface area contributed by atoms with Crippen molar-refractivity contribution in [1.29, 1.82) is 0 Å². The predicted molar refractivity (Wildman–Crippen MR) is 131 cm³/mol. The number of anilines is 2. The minimum atomic E-state index is -0.548. The first kappa shape index (κ1) is 22.2. The maximum atomic E-state index is 11.8. The smallest absolute Gasteiger partial charge is 0.274 e. The van der Waals surface area contributed by atoms with E-state index in [9.17, 15) is 4.79 Å². The van der Waals surface area contributed by atoms with Gasteiger partial charge in [-0.3, -0.25) is 14.9 Å². The van der Waals surface area contributed by atoms with E-state index in [1.807, 2.05) is 48.7 Å². The zero-order valence-corrected chi connectivity index (χ0v) is 18.9. The van der Waals surface area contributed by atoms with Crippen molar-refractivity contribution < 1.29 is 14.7 Å². The van der Waals surface area contributed by atoms with Crippen LogP contribution in [0.25, 0.3) is 0 Å². The van der Waals surface area contributed by atoms with Gasteiger partial charge in [-0.2, -0.15) is 0 Å². The van der Waals surface area contributed by atoms with Crippen LogP contribution in [0.2, 0.25) is 0 Å². The molecule has 2 N–H and O–H groups in total. The fourth-order valence-corrected chi connectivity index (χ4v) is 4.45. The molecule has 8 nitrogen and oxygen atoms in total. The lowest BCUT2D eigenvalue weighted by Gasteiger charge is -2.29. The van der Waals surface area contributed by atoms with Crippen molar-refractivity contribution in [2.45, 2.75) is 6.42 Å². The Bertz CT molecular complexity index is 1190. The number of para-hydroxylation sites is 2. The molecule has 1 aromatic heterocycles. The summed E-state index contributed by atoms with van der Waals surface area (Å²) in [6.07, 6.45) is 2.80. The van der Waals surface area contributed by atoms with Crippen LogP contribution >= 0.6 is 0 Å². The molecule has 0 spiro atoms. The quantitative estimate of drug-likeness (QED) is 0.435. The van der Waals surface area contributed by atoms with Gasteiger partial charge in [0, 0.05) is 49.1 Å². The van der Waals surface area contributed by atoms with E-state index in [0.29, 0.717) is 5.56 Å². The third kappa shape index (κ3) is 4.56. The number of nitrogens with zero attached hydrogens (tertiary/aromatic N) is 4. The lowest BCUT2D eigenvalue weighted by molar-refractivity contribution is 0.0377. The molecule has 1 saturated heterocycles. The standard InChI is InChI=1S/C26H27N5O3/c32-26(29-33)20-10-8-19(9-11-20)24-21-5-3-12-27-25(21)31(23-7-2-1-6-22(23)28-24)14-4-13-30-15-17-34-18-16-30/h1-3,5-12,33H,4,13-18H2,(H,29,32). The number of morpholine rings is 1. The number of rotatable bonds is 6. The van der Waals surface area contributed by atoms with Gasteiger partial charge in [0.2, 0.25) is 0 Å². The first-order valence-electron chi connectivity index (χ1n) is 11.5. The molecule has 1 fully saturated rings. The highest BCUT2D eigenvalue weighted by Crippen LogP contribution is 2.39. The van der Waals surface area contributed by atoms with Gasteiger partial charge in [0.25, 0.3) is 5.91 Å². The molecule has 2 aliphatic heterocycles. The second-order valence-corrected chi connectivity index (χ2v) is 8.30. The van der Waals surface area contributed by atoms with Crippen molar-refractivity contribution in [2.75, 3.05) is 44.3 Å². The highest BCUT2D eigenvalue weighted by atomic mass is 16.5. The van der Waals surface area contributed by atoms with Gasteiger partial charge in [0.15, 0.2) is 0 Å². The molecule has 8 heteroatoms. The van der Waals surface area contributed by atoms with Crippen molar-refractivity contribution in [1.82, 2.24) is 15.4 Å². The normalized spacial score (nSPS) is 15.7. The summed E-state index contributed by atoms with van der Waals surface area (Å²) < 4.78 is 5.47. The third-order valence-corrected chi connectivity index (χ3v) is 6.18. The molecule has 34 heavy (non-hydrogen) atoms. The number of pyridine rings is 1. The highest BCUT2D eigenvalue weighted by molar-refractivity contribution is 6.18. The first-order chi connectivity index (χ1) is 16.7. The number of ether oxygens (including phenoxy) is 1. The summed E-state index contributed by atoms with van der Waals surface area (Å²) in [5, 5.41) is 8.92. The van der Waals surface area contributed by atoms with Gasteiger partial charge in [-0.1, -0.05) is 24.3 Å². The Balaban J connectivity index is 1.50. The van der Waals surface area contributed by atoms with Gasteiger partial charge in [-0.25, -0.2) is 15.5 Å². The van der Waals surface area contributed by atoms with Gasteiger partial charge >= 0.3 is 0 Å². The SMILES string of the molecule is O=C(NO)c1ccc(C2=Nc3ccccc3N(CCCN3CCOCC3)c3ncccc32)cc1. The van der Waals surface area contributed by atoms with E-state index in [4.69, 9.17) is 19.9 Å². The molecule has 5 rings (SSSR count). The van der Waals surface area contributed by atoms with Crippen LogP contribution in [0.4, 0.5) is 17.2 Å². The largest absolute Gasteiger partial charge is 0.379 e. The van der Waals surface area contributed by atoms with Gasteiger partial charge in [-0.15, -0.1) is 0 Å². The van der Waals surface area contributed by atoms with Gasteiger partial charge < -0.3 is 9.64 Å². The van der Waals surface area contributed by atoms with E-state index in [1.54, 1.807) is 17.6 Å². The van der Waals surface area contributed by atoms with Crippen LogP contribution in [0.5, 0.6) is 0 Å². The molecule has 1 amide bonds. The van der Waals surface area contributed by atoms with Gasteiger partial charge in [0.05, 0.1) is 30.3 Å². The van der Waals surface area contributed by atoms with Crippen molar-refractivity contribution in [2.24, 2.45) is 4.99 Å². The fourth-order valence-electron chi connectivity index (χ4n) is 4.45. The molecule has 174 valence electrons. The Kier molecular flexibility index (Phi) is 6.62. The zero-order chi connectivity index (χ0) is 23.3. The number of nitrogens with one attached hydrogen (secondary N) is 1. The average Bonchev–Trinajstić information content (AvgIpc) is 3.04. The number of fused-ring (bicyclic) bond motifs is 2. The van der Waals surface area contributed by atoms with Crippen LogP contribution in [-0.2, 0) is 4.74 Å². The van der Waals surface area contributed by atoms with Crippen molar-refractivity contribution in [3.8, 4) is 0 Å². The Morgan fingerprint density at radius 2 is 1.79 bits per heavy atom. The first-order valence-corrected chi connectivity index (χ1v) is 11.5. The van der Waals surface area contributed by atoms with E-state index in [-0.39, 0.29) is 0 Å². The monoisotopic (exact) mass is 457 g/mol. The Labute approximate surface area is 198 Å². The zero-order valence-electron chi connectivity index (χ0n) is 18.9. The summed E-state index contributed by atoms with van der Waals surface area (Å²) in [4.78, 5) is 26.3. The summed E-state index contributed by atoms with van der Waals surface area (Å²) in [5.41, 5.74) is 6.54. The predicted octanol–water partition coefficient (Wildman–Crippen LogP) is 3.54. The summed E-state index contributed by atoms with van der Waals surface area (Å²) in [6.45, 7) is 5.37. The second-order valence-electron chi connectivity index (χ2n) is 8.30. The number of carbonyl (C=O) groups is 1. The number of hydrogen-bond donors (Lipinski definition) is 2. The van der Waals surface area contributed by atoms with Crippen LogP contribution in [0.1, 0.15) is 27.9 Å². The maximum absolute atomic E-state index is 11.8. The molecule has 0 aliphatic carbocycles. The number of amides is 1. The third-order valence-electron chi connectivity index (χ3n) is 6.18. The lowest BCUT2D eigenvalue weighted by atomic mass is 10.0. The van der Waals surface area contributed by atoms with Crippen LogP contribution in [0, 0.1) is 0 Å². The van der Waals surface area contributed by atoms with Crippen molar-refractivity contribution in [3.63, 3.8) is 0 Å². The molecular weight excluding hydrogens is 430 g/mol. The number of hydroxylamine groups is 1.